The second-order valence-electron chi connectivity index (χ2n) is 9.36. The van der Waals surface area contributed by atoms with Crippen LogP contribution in [-0.4, -0.2) is 43.8 Å². The van der Waals surface area contributed by atoms with Crippen LogP contribution < -0.4 is 9.62 Å². The Morgan fingerprint density at radius 1 is 0.872 bits per heavy atom. The van der Waals surface area contributed by atoms with Gasteiger partial charge < -0.3 is 10.2 Å². The fraction of sp³-hybridized carbons (Fsp3) is 0.286. The van der Waals surface area contributed by atoms with Crippen molar-refractivity contribution in [2.75, 3.05) is 10.8 Å². The summed E-state index contributed by atoms with van der Waals surface area (Å²) in [7, 11) is -4.18. The van der Waals surface area contributed by atoms with Crippen LogP contribution in [0.3, 0.4) is 0 Å². The molecule has 1 atom stereocenters. The van der Waals surface area contributed by atoms with Crippen LogP contribution in [0.15, 0.2) is 71.6 Å². The van der Waals surface area contributed by atoms with E-state index >= 15 is 0 Å². The van der Waals surface area contributed by atoms with Crippen molar-refractivity contribution < 1.29 is 18.0 Å². The molecular formula is C28H30Cl3N3O4S. The zero-order valence-electron chi connectivity index (χ0n) is 22.0. The van der Waals surface area contributed by atoms with Crippen LogP contribution in [0.25, 0.3) is 0 Å². The van der Waals surface area contributed by atoms with Gasteiger partial charge in [0, 0.05) is 33.2 Å². The molecule has 3 aromatic rings. The van der Waals surface area contributed by atoms with E-state index in [-0.39, 0.29) is 23.2 Å². The van der Waals surface area contributed by atoms with Crippen molar-refractivity contribution >= 4 is 62.3 Å². The molecule has 0 saturated carbocycles. The largest absolute Gasteiger partial charge is 0.352 e. The maximum Gasteiger partial charge on any atom is 0.264 e. The highest BCUT2D eigenvalue weighted by atomic mass is 35.5. The molecule has 0 heterocycles. The lowest BCUT2D eigenvalue weighted by atomic mass is 10.1. The summed E-state index contributed by atoms with van der Waals surface area (Å²) in [5.74, 6) is -1.02. The summed E-state index contributed by atoms with van der Waals surface area (Å²) in [6.45, 7) is 6.33. The van der Waals surface area contributed by atoms with Crippen molar-refractivity contribution in [2.45, 2.75) is 51.2 Å². The van der Waals surface area contributed by atoms with Crippen molar-refractivity contribution in [1.29, 1.82) is 0 Å². The molecule has 1 N–H and O–H groups in total. The van der Waals surface area contributed by atoms with Gasteiger partial charge in [0.15, 0.2) is 0 Å². The van der Waals surface area contributed by atoms with Gasteiger partial charge in [-0.05, 0) is 76.2 Å². The minimum Gasteiger partial charge on any atom is -0.352 e. The Kier molecular flexibility index (Phi) is 10.3. The lowest BCUT2D eigenvalue weighted by molar-refractivity contribution is -0.139. The zero-order chi connectivity index (χ0) is 28.9. The second-order valence-corrected chi connectivity index (χ2v) is 12.5. The van der Waals surface area contributed by atoms with Crippen molar-refractivity contribution in [1.82, 2.24) is 10.2 Å². The van der Waals surface area contributed by atoms with Crippen LogP contribution in [0.5, 0.6) is 0 Å². The summed E-state index contributed by atoms with van der Waals surface area (Å²) in [5.41, 5.74) is 1.57. The molecule has 0 unspecified atom stereocenters. The predicted molar refractivity (Wildman–Crippen MR) is 157 cm³/mol. The third kappa shape index (κ3) is 7.66. The zero-order valence-corrected chi connectivity index (χ0v) is 25.1. The lowest BCUT2D eigenvalue weighted by Gasteiger charge is -2.32. The first-order valence-electron chi connectivity index (χ1n) is 12.2. The highest BCUT2D eigenvalue weighted by Gasteiger charge is 2.33. The Morgan fingerprint density at radius 2 is 1.44 bits per heavy atom. The van der Waals surface area contributed by atoms with Gasteiger partial charge in [-0.15, -0.1) is 0 Å². The van der Waals surface area contributed by atoms with E-state index < -0.39 is 34.4 Å². The first kappa shape index (κ1) is 30.8. The van der Waals surface area contributed by atoms with E-state index in [9.17, 15) is 18.0 Å². The Labute approximate surface area is 244 Å². The van der Waals surface area contributed by atoms with Crippen LogP contribution >= 0.6 is 34.8 Å². The van der Waals surface area contributed by atoms with Crippen LogP contribution in [0.2, 0.25) is 15.1 Å². The minimum atomic E-state index is -4.18. The maximum atomic E-state index is 13.9. The molecule has 0 aliphatic rings. The average molecular weight is 611 g/mol. The number of amides is 2. The van der Waals surface area contributed by atoms with E-state index in [1.807, 2.05) is 6.92 Å². The van der Waals surface area contributed by atoms with Gasteiger partial charge in [-0.25, -0.2) is 8.42 Å². The van der Waals surface area contributed by atoms with Crippen LogP contribution in [0, 0.1) is 6.92 Å². The second kappa shape index (κ2) is 13.0. The van der Waals surface area contributed by atoms with E-state index in [4.69, 9.17) is 34.8 Å². The normalized spacial score (nSPS) is 12.2. The van der Waals surface area contributed by atoms with Gasteiger partial charge in [0.2, 0.25) is 11.8 Å². The number of nitrogens with one attached hydrogen (secondary N) is 1. The summed E-state index contributed by atoms with van der Waals surface area (Å²) in [6.07, 6.45) is 0. The number of sulfonamides is 1. The molecule has 0 aliphatic heterocycles. The van der Waals surface area contributed by atoms with Gasteiger partial charge >= 0.3 is 0 Å². The average Bonchev–Trinajstić information content (AvgIpc) is 2.87. The molecule has 0 saturated heterocycles. The molecule has 0 aromatic heterocycles. The summed E-state index contributed by atoms with van der Waals surface area (Å²) < 4.78 is 28.6. The van der Waals surface area contributed by atoms with Gasteiger partial charge in [-0.3, -0.25) is 13.9 Å². The van der Waals surface area contributed by atoms with E-state index in [1.54, 1.807) is 63.2 Å². The maximum absolute atomic E-state index is 13.9. The Hall–Kier alpha value is -2.78. The van der Waals surface area contributed by atoms with Crippen molar-refractivity contribution in [3.8, 4) is 0 Å². The molecule has 3 aromatic carbocycles. The number of rotatable bonds is 10. The number of benzene rings is 3. The summed E-state index contributed by atoms with van der Waals surface area (Å²) in [4.78, 5) is 28.2. The number of halogens is 3. The highest BCUT2D eigenvalue weighted by Crippen LogP contribution is 2.29. The topological polar surface area (TPSA) is 86.8 Å². The monoisotopic (exact) mass is 609 g/mol. The number of hydrogen-bond donors (Lipinski definition) is 1. The number of hydrogen-bond acceptors (Lipinski definition) is 4. The molecule has 2 amide bonds. The number of carbonyl (C=O) groups is 2. The Bertz CT molecular complexity index is 1410. The quantitative estimate of drug-likeness (QED) is 0.301. The van der Waals surface area contributed by atoms with Crippen LogP contribution in [0.1, 0.15) is 31.9 Å². The van der Waals surface area contributed by atoms with Gasteiger partial charge in [0.05, 0.1) is 10.6 Å². The summed E-state index contributed by atoms with van der Waals surface area (Å²) in [5, 5.41) is 3.85. The van der Waals surface area contributed by atoms with Crippen molar-refractivity contribution in [2.24, 2.45) is 0 Å². The first-order valence-corrected chi connectivity index (χ1v) is 14.8. The predicted octanol–water partition coefficient (Wildman–Crippen LogP) is 6.09. The van der Waals surface area contributed by atoms with E-state index in [1.165, 1.54) is 29.2 Å². The van der Waals surface area contributed by atoms with Crippen molar-refractivity contribution in [3.63, 3.8) is 0 Å². The molecule has 0 spiro atoms. The highest BCUT2D eigenvalue weighted by molar-refractivity contribution is 7.92. The van der Waals surface area contributed by atoms with Gasteiger partial charge in [-0.2, -0.15) is 0 Å². The third-order valence-electron chi connectivity index (χ3n) is 5.99. The molecule has 39 heavy (non-hydrogen) atoms. The molecular weight excluding hydrogens is 581 g/mol. The molecule has 208 valence electrons. The molecule has 0 radical (unpaired) electrons. The molecule has 7 nitrogen and oxygen atoms in total. The smallest absolute Gasteiger partial charge is 0.264 e. The minimum absolute atomic E-state index is 0.0159. The number of carbonyl (C=O) groups excluding carboxylic acids is 2. The summed E-state index contributed by atoms with van der Waals surface area (Å²) in [6, 6.07) is 16.3. The molecule has 0 bridgehead atoms. The van der Waals surface area contributed by atoms with Gasteiger partial charge in [-0.1, -0.05) is 58.6 Å². The number of nitrogens with zero attached hydrogens (tertiary/aromatic N) is 2. The Balaban J connectivity index is 2.06. The number of aryl methyl sites for hydroxylation is 1. The van der Waals surface area contributed by atoms with Crippen molar-refractivity contribution in [3.05, 3.63) is 92.9 Å². The van der Waals surface area contributed by atoms with Crippen LogP contribution in [0.4, 0.5) is 5.69 Å². The molecule has 11 heteroatoms. The van der Waals surface area contributed by atoms with Crippen LogP contribution in [-0.2, 0) is 26.2 Å². The SMILES string of the molecule is Cc1ccc(S(=O)(=O)N(CC(=O)N(Cc2c(Cl)cccc2Cl)[C@@H](C)C(=O)NC(C)C)c2ccc(Cl)cc2)cc1. The number of anilines is 1. The van der Waals surface area contributed by atoms with E-state index in [2.05, 4.69) is 5.32 Å². The van der Waals surface area contributed by atoms with E-state index in [0.29, 0.717) is 20.6 Å². The molecule has 3 rings (SSSR count). The first-order chi connectivity index (χ1) is 18.3. The van der Waals surface area contributed by atoms with Gasteiger partial charge in [0.1, 0.15) is 12.6 Å². The van der Waals surface area contributed by atoms with Gasteiger partial charge in [0.25, 0.3) is 10.0 Å². The fourth-order valence-corrected chi connectivity index (χ4v) is 5.87. The Morgan fingerprint density at radius 3 is 1.97 bits per heavy atom. The van der Waals surface area contributed by atoms with E-state index in [0.717, 1.165) is 9.87 Å². The lowest BCUT2D eigenvalue weighted by Crippen LogP contribution is -2.52. The third-order valence-corrected chi connectivity index (χ3v) is 8.74. The standard InChI is InChI=1S/C28H30Cl3N3O4S/c1-18(2)32-28(36)20(4)33(16-24-25(30)6-5-7-26(24)31)27(35)17-34(22-12-10-21(29)11-13-22)39(37,38)23-14-8-19(3)9-15-23/h5-15,18,20H,16-17H2,1-4H3,(H,32,36)/t20-/m0/s1. The molecule has 0 aliphatic carbocycles. The molecule has 0 fully saturated rings. The fourth-order valence-electron chi connectivity index (χ4n) is 3.82. The summed E-state index contributed by atoms with van der Waals surface area (Å²) >= 11 is 18.8.